The van der Waals surface area contributed by atoms with Crippen molar-refractivity contribution < 1.29 is 18.8 Å². The highest BCUT2D eigenvalue weighted by Crippen LogP contribution is 2.21. The summed E-state index contributed by atoms with van der Waals surface area (Å²) >= 11 is 0.964. The molecule has 0 unspecified atom stereocenters. The minimum atomic E-state index is -0.405. The SMILES string of the molecule is Cc1ccc(NC(=O)c2nnc(C(=O)N3CCC(C(=O)NCc4ccco4)CC3)s2)cc1. The van der Waals surface area contributed by atoms with E-state index < -0.39 is 5.91 Å². The maximum absolute atomic E-state index is 12.8. The number of benzene rings is 1. The van der Waals surface area contributed by atoms with Gasteiger partial charge >= 0.3 is 0 Å². The van der Waals surface area contributed by atoms with Crippen molar-refractivity contribution in [2.45, 2.75) is 26.3 Å². The summed E-state index contributed by atoms with van der Waals surface area (Å²) in [5, 5.41) is 13.7. The van der Waals surface area contributed by atoms with Crippen LogP contribution in [0.1, 0.15) is 43.8 Å². The molecule has 3 aromatic rings. The number of amides is 3. The first-order chi connectivity index (χ1) is 15.5. The van der Waals surface area contributed by atoms with Gasteiger partial charge in [0.25, 0.3) is 11.8 Å². The first kappa shape index (κ1) is 21.7. The molecule has 0 bridgehead atoms. The number of hydrogen-bond acceptors (Lipinski definition) is 7. The molecule has 1 saturated heterocycles. The number of likely N-dealkylation sites (tertiary alicyclic amines) is 1. The average molecular weight is 454 g/mol. The van der Waals surface area contributed by atoms with Gasteiger partial charge in [-0.05, 0) is 44.0 Å². The van der Waals surface area contributed by atoms with E-state index in [0.29, 0.717) is 43.9 Å². The number of piperidine rings is 1. The first-order valence-corrected chi connectivity index (χ1v) is 11.1. The predicted octanol–water partition coefficient (Wildman–Crippen LogP) is 2.86. The number of aryl methyl sites for hydroxylation is 1. The van der Waals surface area contributed by atoms with Crippen LogP contribution in [0.25, 0.3) is 0 Å². The van der Waals surface area contributed by atoms with E-state index in [1.807, 2.05) is 19.1 Å². The Morgan fingerprint density at radius 1 is 1.09 bits per heavy atom. The van der Waals surface area contributed by atoms with Crippen molar-refractivity contribution in [3.63, 3.8) is 0 Å². The molecule has 1 aromatic carbocycles. The van der Waals surface area contributed by atoms with Crippen LogP contribution in [0.3, 0.4) is 0 Å². The number of nitrogens with zero attached hydrogens (tertiary/aromatic N) is 3. The summed E-state index contributed by atoms with van der Waals surface area (Å²) in [6, 6.07) is 11.0. The molecule has 3 heterocycles. The first-order valence-electron chi connectivity index (χ1n) is 10.3. The second-order valence-electron chi connectivity index (χ2n) is 7.60. The summed E-state index contributed by atoms with van der Waals surface area (Å²) in [5.74, 6) is -0.174. The number of hydrogen-bond donors (Lipinski definition) is 2. The molecule has 2 N–H and O–H groups in total. The second kappa shape index (κ2) is 9.73. The Labute approximate surface area is 188 Å². The fourth-order valence-corrected chi connectivity index (χ4v) is 4.14. The van der Waals surface area contributed by atoms with Crippen molar-refractivity contribution in [1.82, 2.24) is 20.4 Å². The molecule has 4 rings (SSSR count). The molecule has 2 aromatic heterocycles. The largest absolute Gasteiger partial charge is 0.467 e. The standard InChI is InChI=1S/C22H23N5O4S/c1-14-4-6-16(7-5-14)24-19(29)20-25-26-21(32-20)22(30)27-10-8-15(9-11-27)18(28)23-13-17-3-2-12-31-17/h2-7,12,15H,8-11,13H2,1H3,(H,23,28)(H,24,29). The summed E-state index contributed by atoms with van der Waals surface area (Å²) in [5.41, 5.74) is 1.74. The number of nitrogens with one attached hydrogen (secondary N) is 2. The number of anilines is 1. The van der Waals surface area contributed by atoms with Crippen LogP contribution in [0, 0.1) is 12.8 Å². The van der Waals surface area contributed by atoms with E-state index >= 15 is 0 Å². The number of carbonyl (C=O) groups excluding carboxylic acids is 3. The summed E-state index contributed by atoms with van der Waals surface area (Å²) < 4.78 is 5.22. The Kier molecular flexibility index (Phi) is 6.60. The number of aromatic nitrogens is 2. The highest BCUT2D eigenvalue weighted by atomic mass is 32.1. The zero-order valence-electron chi connectivity index (χ0n) is 17.5. The van der Waals surface area contributed by atoms with Gasteiger partial charge < -0.3 is 20.0 Å². The van der Waals surface area contributed by atoms with Gasteiger partial charge in [0.2, 0.25) is 15.9 Å². The lowest BCUT2D eigenvalue weighted by Crippen LogP contribution is -2.42. The van der Waals surface area contributed by atoms with E-state index in [4.69, 9.17) is 4.42 Å². The van der Waals surface area contributed by atoms with Crippen LogP contribution in [0.15, 0.2) is 47.1 Å². The molecule has 0 aliphatic carbocycles. The molecule has 3 amide bonds. The van der Waals surface area contributed by atoms with Gasteiger partial charge in [-0.3, -0.25) is 14.4 Å². The topological polar surface area (TPSA) is 117 Å². The van der Waals surface area contributed by atoms with Gasteiger partial charge in [0.05, 0.1) is 12.8 Å². The van der Waals surface area contributed by atoms with E-state index in [-0.39, 0.29) is 27.7 Å². The fourth-order valence-electron chi connectivity index (χ4n) is 3.43. The number of furan rings is 1. The molecular formula is C22H23N5O4S. The van der Waals surface area contributed by atoms with Crippen molar-refractivity contribution >= 4 is 34.7 Å². The summed E-state index contributed by atoms with van der Waals surface area (Å²) in [6.45, 7) is 3.21. The Balaban J connectivity index is 1.28. The van der Waals surface area contributed by atoms with E-state index in [9.17, 15) is 14.4 Å². The second-order valence-corrected chi connectivity index (χ2v) is 8.57. The number of rotatable bonds is 6. The van der Waals surface area contributed by atoms with Crippen molar-refractivity contribution in [3.05, 3.63) is 64.0 Å². The van der Waals surface area contributed by atoms with Crippen LogP contribution < -0.4 is 10.6 Å². The van der Waals surface area contributed by atoms with Crippen molar-refractivity contribution in [2.75, 3.05) is 18.4 Å². The van der Waals surface area contributed by atoms with Crippen LogP contribution in [0.4, 0.5) is 5.69 Å². The lowest BCUT2D eigenvalue weighted by Gasteiger charge is -2.30. The van der Waals surface area contributed by atoms with Gasteiger partial charge in [0.15, 0.2) is 0 Å². The van der Waals surface area contributed by atoms with Gasteiger partial charge in [-0.1, -0.05) is 29.0 Å². The van der Waals surface area contributed by atoms with Crippen LogP contribution >= 0.6 is 11.3 Å². The molecule has 166 valence electrons. The minimum absolute atomic E-state index is 0.0422. The van der Waals surface area contributed by atoms with Gasteiger partial charge in [-0.2, -0.15) is 0 Å². The lowest BCUT2D eigenvalue weighted by atomic mass is 9.96. The van der Waals surface area contributed by atoms with Crippen LogP contribution in [0.5, 0.6) is 0 Å². The van der Waals surface area contributed by atoms with Crippen molar-refractivity contribution in [2.24, 2.45) is 5.92 Å². The monoisotopic (exact) mass is 453 g/mol. The van der Waals surface area contributed by atoms with E-state index in [2.05, 4.69) is 20.8 Å². The van der Waals surface area contributed by atoms with Gasteiger partial charge in [-0.25, -0.2) is 0 Å². The Morgan fingerprint density at radius 3 is 2.50 bits per heavy atom. The Morgan fingerprint density at radius 2 is 1.81 bits per heavy atom. The molecule has 0 spiro atoms. The average Bonchev–Trinajstić information content (AvgIpc) is 3.51. The molecule has 9 nitrogen and oxygen atoms in total. The predicted molar refractivity (Wildman–Crippen MR) is 118 cm³/mol. The maximum atomic E-state index is 12.8. The summed E-state index contributed by atoms with van der Waals surface area (Å²) in [6.07, 6.45) is 2.70. The number of carbonyl (C=O) groups is 3. The normalized spacial score (nSPS) is 14.2. The van der Waals surface area contributed by atoms with Crippen LogP contribution in [-0.2, 0) is 11.3 Å². The quantitative estimate of drug-likeness (QED) is 0.593. The Hall–Kier alpha value is -3.53. The van der Waals surface area contributed by atoms with E-state index in [1.165, 1.54) is 0 Å². The van der Waals surface area contributed by atoms with Crippen molar-refractivity contribution in [1.29, 1.82) is 0 Å². The zero-order valence-corrected chi connectivity index (χ0v) is 18.4. The molecule has 32 heavy (non-hydrogen) atoms. The lowest BCUT2D eigenvalue weighted by molar-refractivity contribution is -0.126. The molecule has 10 heteroatoms. The molecule has 0 saturated carbocycles. The third-order valence-corrected chi connectivity index (χ3v) is 6.19. The summed E-state index contributed by atoms with van der Waals surface area (Å²) in [4.78, 5) is 39.2. The van der Waals surface area contributed by atoms with E-state index in [1.54, 1.807) is 35.4 Å². The molecule has 1 aliphatic rings. The minimum Gasteiger partial charge on any atom is -0.467 e. The third kappa shape index (κ3) is 5.20. The molecule has 1 fully saturated rings. The fraction of sp³-hybridized carbons (Fsp3) is 0.318. The molecule has 0 radical (unpaired) electrons. The molecule has 0 atom stereocenters. The highest BCUT2D eigenvalue weighted by Gasteiger charge is 2.29. The van der Waals surface area contributed by atoms with Gasteiger partial charge in [-0.15, -0.1) is 10.2 Å². The maximum Gasteiger partial charge on any atom is 0.286 e. The van der Waals surface area contributed by atoms with Crippen LogP contribution in [-0.4, -0.2) is 45.9 Å². The molecular weight excluding hydrogens is 430 g/mol. The van der Waals surface area contributed by atoms with Gasteiger partial charge in [0.1, 0.15) is 5.76 Å². The molecule has 1 aliphatic heterocycles. The third-order valence-electron chi connectivity index (χ3n) is 5.28. The summed E-state index contributed by atoms with van der Waals surface area (Å²) in [7, 11) is 0. The van der Waals surface area contributed by atoms with Crippen LogP contribution in [0.2, 0.25) is 0 Å². The van der Waals surface area contributed by atoms with Gasteiger partial charge in [0, 0.05) is 24.7 Å². The highest BCUT2D eigenvalue weighted by molar-refractivity contribution is 7.15. The Bertz CT molecular complexity index is 1090. The smallest absolute Gasteiger partial charge is 0.286 e. The zero-order chi connectivity index (χ0) is 22.5. The van der Waals surface area contributed by atoms with E-state index in [0.717, 1.165) is 16.9 Å². The van der Waals surface area contributed by atoms with Crippen molar-refractivity contribution in [3.8, 4) is 0 Å².